The van der Waals surface area contributed by atoms with Crippen molar-refractivity contribution in [3.8, 4) is 5.75 Å². The highest BCUT2D eigenvalue weighted by atomic mass is 127. The Labute approximate surface area is 214 Å². The highest BCUT2D eigenvalue weighted by molar-refractivity contribution is 14.0. The minimum absolute atomic E-state index is 0. The summed E-state index contributed by atoms with van der Waals surface area (Å²) >= 11 is 0. The van der Waals surface area contributed by atoms with Gasteiger partial charge in [0.1, 0.15) is 11.4 Å². The van der Waals surface area contributed by atoms with E-state index in [1.165, 1.54) is 5.56 Å². The van der Waals surface area contributed by atoms with Crippen molar-refractivity contribution in [3.05, 3.63) is 29.8 Å². The second kappa shape index (κ2) is 12.1. The van der Waals surface area contributed by atoms with Crippen LogP contribution in [0.1, 0.15) is 46.1 Å². The molecule has 0 bridgehead atoms. The largest absolute Gasteiger partial charge is 0.494 e. The number of ether oxygens (including phenoxy) is 3. The molecule has 2 N–H and O–H groups in total. The zero-order valence-electron chi connectivity index (χ0n) is 20.3. The van der Waals surface area contributed by atoms with Crippen molar-refractivity contribution < 1.29 is 19.0 Å². The zero-order valence-corrected chi connectivity index (χ0v) is 22.7. The van der Waals surface area contributed by atoms with Crippen LogP contribution in [0.15, 0.2) is 29.3 Å². The molecule has 0 aromatic heterocycles. The molecule has 0 saturated carbocycles. The van der Waals surface area contributed by atoms with E-state index in [4.69, 9.17) is 24.9 Å². The first kappa shape index (κ1) is 27.5. The number of halogens is 1. The van der Waals surface area contributed by atoms with Crippen LogP contribution >= 0.6 is 24.0 Å². The first-order chi connectivity index (χ1) is 15.2. The highest BCUT2D eigenvalue weighted by Crippen LogP contribution is 2.36. The standard InChI is InChI=1S/C24H38N4O4.HI/c1-5-31-20-8-6-19(7-9-20)24(10-16-30-17-11-24)18-26-21(25)27-12-14-28(15-13-27)22(29)32-23(2,3)4;/h6-9H,5,10-18H2,1-4H3,(H2,25,26);1H. The molecule has 2 aliphatic heterocycles. The molecular formula is C24H39IN4O4. The third kappa shape index (κ3) is 7.63. The maximum Gasteiger partial charge on any atom is 0.410 e. The van der Waals surface area contributed by atoms with Crippen molar-refractivity contribution in [2.75, 3.05) is 52.5 Å². The number of rotatable bonds is 5. The Morgan fingerprint density at radius 3 is 2.21 bits per heavy atom. The summed E-state index contributed by atoms with van der Waals surface area (Å²) in [5.41, 5.74) is 7.04. The van der Waals surface area contributed by atoms with Crippen molar-refractivity contribution >= 4 is 36.0 Å². The lowest BCUT2D eigenvalue weighted by atomic mass is 9.74. The fraction of sp³-hybridized carbons (Fsp3) is 0.667. The van der Waals surface area contributed by atoms with Crippen LogP contribution in [0.4, 0.5) is 4.79 Å². The molecule has 2 heterocycles. The Morgan fingerprint density at radius 2 is 1.67 bits per heavy atom. The summed E-state index contributed by atoms with van der Waals surface area (Å²) < 4.78 is 16.7. The van der Waals surface area contributed by atoms with Crippen LogP contribution in [-0.2, 0) is 14.9 Å². The lowest BCUT2D eigenvalue weighted by Gasteiger charge is -2.38. The van der Waals surface area contributed by atoms with Crippen molar-refractivity contribution in [1.82, 2.24) is 9.80 Å². The minimum Gasteiger partial charge on any atom is -0.494 e. The number of carbonyl (C=O) groups excluding carboxylic acids is 1. The minimum atomic E-state index is -0.492. The van der Waals surface area contributed by atoms with E-state index < -0.39 is 5.60 Å². The summed E-state index contributed by atoms with van der Waals surface area (Å²) in [6.07, 6.45) is 1.54. The maximum absolute atomic E-state index is 12.3. The predicted molar refractivity (Wildman–Crippen MR) is 141 cm³/mol. The van der Waals surface area contributed by atoms with E-state index in [0.29, 0.717) is 45.3 Å². The van der Waals surface area contributed by atoms with Gasteiger partial charge in [-0.1, -0.05) is 12.1 Å². The number of carbonyl (C=O) groups is 1. The summed E-state index contributed by atoms with van der Waals surface area (Å²) in [6, 6.07) is 8.33. The van der Waals surface area contributed by atoms with E-state index in [9.17, 15) is 4.79 Å². The quantitative estimate of drug-likeness (QED) is 0.329. The summed E-state index contributed by atoms with van der Waals surface area (Å²) in [5, 5.41) is 0. The van der Waals surface area contributed by atoms with E-state index in [1.807, 2.05) is 44.7 Å². The van der Waals surface area contributed by atoms with Gasteiger partial charge < -0.3 is 29.7 Å². The molecule has 2 fully saturated rings. The summed E-state index contributed by atoms with van der Waals surface area (Å²) in [5.74, 6) is 1.41. The first-order valence-electron chi connectivity index (χ1n) is 11.6. The second-order valence-electron chi connectivity index (χ2n) is 9.48. The van der Waals surface area contributed by atoms with Gasteiger partial charge in [-0.25, -0.2) is 4.79 Å². The van der Waals surface area contributed by atoms with Gasteiger partial charge in [0.05, 0.1) is 13.2 Å². The Bertz CT molecular complexity index is 781. The van der Waals surface area contributed by atoms with Crippen molar-refractivity contribution in [2.24, 2.45) is 10.7 Å². The predicted octanol–water partition coefficient (Wildman–Crippen LogP) is 3.62. The van der Waals surface area contributed by atoms with Crippen LogP contribution in [0, 0.1) is 0 Å². The number of aliphatic imine (C=N–C) groups is 1. The van der Waals surface area contributed by atoms with Crippen LogP contribution in [0.5, 0.6) is 5.75 Å². The molecule has 0 aliphatic carbocycles. The summed E-state index contributed by atoms with van der Waals surface area (Å²) in [4.78, 5) is 20.9. The summed E-state index contributed by atoms with van der Waals surface area (Å²) in [7, 11) is 0. The van der Waals surface area contributed by atoms with Gasteiger partial charge in [-0.05, 0) is 58.2 Å². The van der Waals surface area contributed by atoms with E-state index in [0.717, 1.165) is 31.8 Å². The first-order valence-corrected chi connectivity index (χ1v) is 11.6. The molecular weight excluding hydrogens is 535 g/mol. The van der Waals surface area contributed by atoms with Crippen molar-refractivity contribution in [3.63, 3.8) is 0 Å². The zero-order chi connectivity index (χ0) is 23.2. The molecule has 33 heavy (non-hydrogen) atoms. The molecule has 0 unspecified atom stereocenters. The Morgan fingerprint density at radius 1 is 1.09 bits per heavy atom. The highest BCUT2D eigenvalue weighted by Gasteiger charge is 2.35. The lowest BCUT2D eigenvalue weighted by molar-refractivity contribution is 0.0186. The van der Waals surface area contributed by atoms with Gasteiger partial charge in [0.2, 0.25) is 0 Å². The molecule has 1 amide bonds. The summed E-state index contributed by atoms with van der Waals surface area (Å²) in [6.45, 7) is 12.8. The maximum atomic E-state index is 12.3. The molecule has 9 heteroatoms. The fourth-order valence-electron chi connectivity index (χ4n) is 4.15. The number of hydrogen-bond acceptors (Lipinski definition) is 5. The van der Waals surface area contributed by atoms with Gasteiger partial charge in [-0.15, -0.1) is 24.0 Å². The molecule has 2 saturated heterocycles. The van der Waals surface area contributed by atoms with Crippen LogP contribution in [0.3, 0.4) is 0 Å². The van der Waals surface area contributed by atoms with Gasteiger partial charge in [0, 0.05) is 44.8 Å². The van der Waals surface area contributed by atoms with Crippen molar-refractivity contribution in [2.45, 2.75) is 51.6 Å². The van der Waals surface area contributed by atoms with E-state index in [2.05, 4.69) is 12.1 Å². The SMILES string of the molecule is CCOc1ccc(C2(CN=C(N)N3CCN(C(=O)OC(C)(C)C)CC3)CCOCC2)cc1.I. The van der Waals surface area contributed by atoms with Gasteiger partial charge in [-0.2, -0.15) is 0 Å². The second-order valence-corrected chi connectivity index (χ2v) is 9.48. The third-order valence-corrected chi connectivity index (χ3v) is 6.03. The van der Waals surface area contributed by atoms with Gasteiger partial charge in [-0.3, -0.25) is 4.99 Å². The monoisotopic (exact) mass is 574 g/mol. The number of hydrogen-bond donors (Lipinski definition) is 1. The number of nitrogens with zero attached hydrogens (tertiary/aromatic N) is 3. The molecule has 0 spiro atoms. The van der Waals surface area contributed by atoms with Gasteiger partial charge in [0.15, 0.2) is 5.96 Å². The smallest absolute Gasteiger partial charge is 0.410 e. The molecule has 0 atom stereocenters. The van der Waals surface area contributed by atoms with Crippen LogP contribution in [0.25, 0.3) is 0 Å². The number of nitrogens with two attached hydrogens (primary N) is 1. The molecule has 8 nitrogen and oxygen atoms in total. The molecule has 0 radical (unpaired) electrons. The molecule has 186 valence electrons. The normalized spacial score (nSPS) is 19.0. The Kier molecular flexibility index (Phi) is 10.1. The average Bonchev–Trinajstić information content (AvgIpc) is 2.78. The van der Waals surface area contributed by atoms with E-state index in [1.54, 1.807) is 4.90 Å². The topological polar surface area (TPSA) is 89.6 Å². The average molecular weight is 575 g/mol. The van der Waals surface area contributed by atoms with E-state index in [-0.39, 0.29) is 35.5 Å². The fourth-order valence-corrected chi connectivity index (χ4v) is 4.15. The Balaban J connectivity index is 0.00000385. The lowest BCUT2D eigenvalue weighted by Crippen LogP contribution is -2.53. The van der Waals surface area contributed by atoms with Crippen LogP contribution in [-0.4, -0.2) is 80.0 Å². The Hall–Kier alpha value is -1.75. The number of benzene rings is 1. The number of guanidine groups is 1. The third-order valence-electron chi connectivity index (χ3n) is 6.03. The van der Waals surface area contributed by atoms with Crippen LogP contribution in [0.2, 0.25) is 0 Å². The molecule has 3 rings (SSSR count). The molecule has 1 aromatic carbocycles. The molecule has 2 aliphatic rings. The van der Waals surface area contributed by atoms with Crippen molar-refractivity contribution in [1.29, 1.82) is 0 Å². The number of amides is 1. The van der Waals surface area contributed by atoms with Gasteiger partial charge >= 0.3 is 6.09 Å². The van der Waals surface area contributed by atoms with E-state index >= 15 is 0 Å². The number of piperazine rings is 1. The van der Waals surface area contributed by atoms with Crippen LogP contribution < -0.4 is 10.5 Å². The van der Waals surface area contributed by atoms with Gasteiger partial charge in [0.25, 0.3) is 0 Å². The molecule has 1 aromatic rings.